The molecule has 0 aliphatic rings. The molecule has 0 aliphatic heterocycles. The van der Waals surface area contributed by atoms with E-state index < -0.39 is 0 Å². The van der Waals surface area contributed by atoms with Crippen molar-refractivity contribution in [1.29, 1.82) is 0 Å². The number of ether oxygens (including phenoxy) is 1. The number of para-hydroxylation sites is 1. The number of pyridine rings is 1. The quantitative estimate of drug-likeness (QED) is 0.355. The van der Waals surface area contributed by atoms with E-state index in [1.807, 2.05) is 68.4 Å². The van der Waals surface area contributed by atoms with Crippen molar-refractivity contribution < 1.29 is 14.6 Å². The standard InChI is InChI=1S/C28H28N2O3/c1-4-33-28(32)22-12-18(2)27(19(3)13-22)29-16-23-15-26(21-9-7-8-20(14-21)17-31)30-25-11-6-5-10-24(23)25/h5-15,29,31H,4,16-17H2,1-3H3. The summed E-state index contributed by atoms with van der Waals surface area (Å²) in [4.78, 5) is 17.0. The lowest BCUT2D eigenvalue weighted by Crippen LogP contribution is -2.08. The second-order valence-corrected chi connectivity index (χ2v) is 8.10. The van der Waals surface area contributed by atoms with Crippen LogP contribution in [0, 0.1) is 13.8 Å². The van der Waals surface area contributed by atoms with Crippen LogP contribution in [-0.4, -0.2) is 22.7 Å². The summed E-state index contributed by atoms with van der Waals surface area (Å²) in [7, 11) is 0. The summed E-state index contributed by atoms with van der Waals surface area (Å²) in [6.07, 6.45) is 0. The first kappa shape index (κ1) is 22.5. The van der Waals surface area contributed by atoms with E-state index >= 15 is 0 Å². The van der Waals surface area contributed by atoms with Crippen LogP contribution in [0.25, 0.3) is 22.2 Å². The number of esters is 1. The number of fused-ring (bicyclic) bond motifs is 1. The molecule has 1 heterocycles. The van der Waals surface area contributed by atoms with Gasteiger partial charge in [0.05, 0.1) is 30.0 Å². The third-order valence-electron chi connectivity index (χ3n) is 5.71. The van der Waals surface area contributed by atoms with Crippen LogP contribution in [0.5, 0.6) is 0 Å². The van der Waals surface area contributed by atoms with Gasteiger partial charge in [-0.3, -0.25) is 0 Å². The SMILES string of the molecule is CCOC(=O)c1cc(C)c(NCc2cc(-c3cccc(CO)c3)nc3ccccc23)c(C)c1. The van der Waals surface area contributed by atoms with E-state index in [1.54, 1.807) is 6.92 Å². The molecule has 2 N–H and O–H groups in total. The van der Waals surface area contributed by atoms with E-state index in [-0.39, 0.29) is 12.6 Å². The fraction of sp³-hybridized carbons (Fsp3) is 0.214. The van der Waals surface area contributed by atoms with Crippen molar-refractivity contribution >= 4 is 22.6 Å². The van der Waals surface area contributed by atoms with Gasteiger partial charge in [0.25, 0.3) is 0 Å². The summed E-state index contributed by atoms with van der Waals surface area (Å²) in [5, 5.41) is 14.2. The van der Waals surface area contributed by atoms with Crippen molar-refractivity contribution in [1.82, 2.24) is 4.98 Å². The van der Waals surface area contributed by atoms with E-state index in [2.05, 4.69) is 17.4 Å². The molecule has 0 saturated heterocycles. The maximum absolute atomic E-state index is 12.1. The van der Waals surface area contributed by atoms with Crippen LogP contribution in [0.15, 0.2) is 66.7 Å². The van der Waals surface area contributed by atoms with E-state index in [1.165, 1.54) is 0 Å². The Labute approximate surface area is 194 Å². The molecule has 4 aromatic rings. The Balaban J connectivity index is 1.68. The zero-order chi connectivity index (χ0) is 23.4. The van der Waals surface area contributed by atoms with Crippen molar-refractivity contribution in [3.8, 4) is 11.3 Å². The third-order valence-corrected chi connectivity index (χ3v) is 5.71. The van der Waals surface area contributed by atoms with E-state index in [0.717, 1.165) is 50.1 Å². The molecule has 5 nitrogen and oxygen atoms in total. The normalized spacial score (nSPS) is 10.9. The maximum Gasteiger partial charge on any atom is 0.338 e. The molecule has 0 amide bonds. The number of nitrogens with zero attached hydrogens (tertiary/aromatic N) is 1. The second-order valence-electron chi connectivity index (χ2n) is 8.10. The molecule has 0 saturated carbocycles. The van der Waals surface area contributed by atoms with Crippen molar-refractivity contribution in [2.75, 3.05) is 11.9 Å². The first-order chi connectivity index (χ1) is 16.0. The first-order valence-electron chi connectivity index (χ1n) is 11.1. The van der Waals surface area contributed by atoms with Crippen LogP contribution in [0.3, 0.4) is 0 Å². The number of aliphatic hydroxyl groups excluding tert-OH is 1. The smallest absolute Gasteiger partial charge is 0.338 e. The number of anilines is 1. The number of carbonyl (C=O) groups excluding carboxylic acids is 1. The highest BCUT2D eigenvalue weighted by molar-refractivity contribution is 5.91. The number of benzene rings is 3. The average Bonchev–Trinajstić information content (AvgIpc) is 2.83. The summed E-state index contributed by atoms with van der Waals surface area (Å²) in [6, 6.07) is 21.8. The fourth-order valence-electron chi connectivity index (χ4n) is 4.13. The van der Waals surface area contributed by atoms with Gasteiger partial charge < -0.3 is 15.2 Å². The molecule has 0 spiro atoms. The molecule has 33 heavy (non-hydrogen) atoms. The van der Waals surface area contributed by atoms with Gasteiger partial charge in [-0.1, -0.05) is 36.4 Å². The van der Waals surface area contributed by atoms with E-state index in [0.29, 0.717) is 18.7 Å². The molecule has 4 rings (SSSR count). The number of rotatable bonds is 7. The molecule has 5 heteroatoms. The molecule has 0 unspecified atom stereocenters. The lowest BCUT2D eigenvalue weighted by atomic mass is 10.0. The van der Waals surface area contributed by atoms with Crippen molar-refractivity contribution in [2.45, 2.75) is 33.9 Å². The third kappa shape index (κ3) is 4.89. The molecule has 168 valence electrons. The highest BCUT2D eigenvalue weighted by atomic mass is 16.5. The Hall–Kier alpha value is -3.70. The number of aromatic nitrogens is 1. The fourth-order valence-corrected chi connectivity index (χ4v) is 4.13. The van der Waals surface area contributed by atoms with Gasteiger partial charge in [0.15, 0.2) is 0 Å². The van der Waals surface area contributed by atoms with E-state index in [4.69, 9.17) is 9.72 Å². The average molecular weight is 441 g/mol. The topological polar surface area (TPSA) is 71.5 Å². The van der Waals surface area contributed by atoms with Gasteiger partial charge in [-0.25, -0.2) is 9.78 Å². The minimum absolute atomic E-state index is 0.00379. The molecule has 3 aromatic carbocycles. The zero-order valence-electron chi connectivity index (χ0n) is 19.2. The van der Waals surface area contributed by atoms with Gasteiger partial charge >= 0.3 is 5.97 Å². The van der Waals surface area contributed by atoms with E-state index in [9.17, 15) is 9.90 Å². The van der Waals surface area contributed by atoms with Crippen LogP contribution >= 0.6 is 0 Å². The lowest BCUT2D eigenvalue weighted by Gasteiger charge is -2.16. The molecular formula is C28H28N2O3. The summed E-state index contributed by atoms with van der Waals surface area (Å²) in [5.74, 6) is -0.301. The molecule has 0 fully saturated rings. The maximum atomic E-state index is 12.1. The van der Waals surface area contributed by atoms with Gasteiger partial charge in [0.1, 0.15) is 0 Å². The van der Waals surface area contributed by atoms with Crippen molar-refractivity contribution in [3.05, 3.63) is 94.5 Å². The lowest BCUT2D eigenvalue weighted by molar-refractivity contribution is 0.0526. The van der Waals surface area contributed by atoms with Crippen LogP contribution in [-0.2, 0) is 17.9 Å². The molecular weight excluding hydrogens is 412 g/mol. The minimum Gasteiger partial charge on any atom is -0.462 e. The monoisotopic (exact) mass is 440 g/mol. The number of aliphatic hydroxyl groups is 1. The van der Waals surface area contributed by atoms with Crippen LogP contribution in [0.4, 0.5) is 5.69 Å². The Morgan fingerprint density at radius 1 is 1.00 bits per heavy atom. The number of nitrogens with one attached hydrogen (secondary N) is 1. The van der Waals surface area contributed by atoms with Gasteiger partial charge in [-0.05, 0) is 73.4 Å². The van der Waals surface area contributed by atoms with Crippen molar-refractivity contribution in [3.63, 3.8) is 0 Å². The predicted octanol–water partition coefficient (Wildman–Crippen LogP) is 5.80. The Morgan fingerprint density at radius 3 is 2.48 bits per heavy atom. The number of hydrogen-bond acceptors (Lipinski definition) is 5. The Kier molecular flexibility index (Phi) is 6.71. The number of hydrogen-bond donors (Lipinski definition) is 2. The summed E-state index contributed by atoms with van der Waals surface area (Å²) in [5.41, 5.74) is 8.30. The molecule has 0 radical (unpaired) electrons. The van der Waals surface area contributed by atoms with Crippen LogP contribution < -0.4 is 5.32 Å². The second kappa shape index (κ2) is 9.84. The van der Waals surface area contributed by atoms with Crippen LogP contribution in [0.2, 0.25) is 0 Å². The Bertz CT molecular complexity index is 1290. The van der Waals surface area contributed by atoms with Crippen LogP contribution in [0.1, 0.15) is 39.5 Å². The Morgan fingerprint density at radius 2 is 1.76 bits per heavy atom. The van der Waals surface area contributed by atoms with Gasteiger partial charge in [0, 0.05) is 23.2 Å². The largest absolute Gasteiger partial charge is 0.462 e. The summed E-state index contributed by atoms with van der Waals surface area (Å²) in [6.45, 7) is 6.76. The highest BCUT2D eigenvalue weighted by Crippen LogP contribution is 2.28. The van der Waals surface area contributed by atoms with Gasteiger partial charge in [-0.2, -0.15) is 0 Å². The molecule has 0 bridgehead atoms. The predicted molar refractivity (Wildman–Crippen MR) is 132 cm³/mol. The molecule has 1 aromatic heterocycles. The molecule has 0 aliphatic carbocycles. The minimum atomic E-state index is -0.301. The number of aryl methyl sites for hydroxylation is 2. The first-order valence-corrected chi connectivity index (χ1v) is 11.1. The molecule has 0 atom stereocenters. The zero-order valence-corrected chi connectivity index (χ0v) is 19.2. The van der Waals surface area contributed by atoms with Crippen molar-refractivity contribution in [2.24, 2.45) is 0 Å². The summed E-state index contributed by atoms with van der Waals surface area (Å²) < 4.78 is 5.15. The number of carbonyl (C=O) groups is 1. The van der Waals surface area contributed by atoms with Gasteiger partial charge in [-0.15, -0.1) is 0 Å². The summed E-state index contributed by atoms with van der Waals surface area (Å²) >= 11 is 0. The highest BCUT2D eigenvalue weighted by Gasteiger charge is 2.13. The van der Waals surface area contributed by atoms with Gasteiger partial charge in [0.2, 0.25) is 0 Å².